The number of ether oxygens (including phenoxy) is 1. The topological polar surface area (TPSA) is 48.1 Å². The molecule has 0 saturated carbocycles. The van der Waals surface area contributed by atoms with Crippen LogP contribution in [-0.2, 0) is 24.3 Å². The Kier molecular flexibility index (Phi) is 4.35. The van der Waals surface area contributed by atoms with E-state index in [1.807, 2.05) is 0 Å². The summed E-state index contributed by atoms with van der Waals surface area (Å²) in [5.74, 6) is 0. The second-order valence-corrected chi connectivity index (χ2v) is 4.03. The molecule has 2 N–H and O–H groups in total. The van der Waals surface area contributed by atoms with Crippen LogP contribution < -0.4 is 5.73 Å². The van der Waals surface area contributed by atoms with E-state index in [4.69, 9.17) is 10.5 Å². The van der Waals surface area contributed by atoms with Crippen molar-refractivity contribution in [3.63, 3.8) is 0 Å². The highest BCUT2D eigenvalue weighted by atomic mass is 32.1. The van der Waals surface area contributed by atoms with Crippen molar-refractivity contribution in [2.45, 2.75) is 32.9 Å². The zero-order valence-corrected chi connectivity index (χ0v) is 8.99. The van der Waals surface area contributed by atoms with Crippen LogP contribution in [0.5, 0.6) is 0 Å². The van der Waals surface area contributed by atoms with Crippen LogP contribution in [0.15, 0.2) is 0 Å². The number of aryl methyl sites for hydroxylation is 1. The van der Waals surface area contributed by atoms with Crippen molar-refractivity contribution in [2.24, 2.45) is 5.73 Å². The van der Waals surface area contributed by atoms with Gasteiger partial charge in [0.1, 0.15) is 5.01 Å². The summed E-state index contributed by atoms with van der Waals surface area (Å²) in [6, 6.07) is 0. The second kappa shape index (κ2) is 5.32. The molecule has 1 aromatic rings. The lowest BCUT2D eigenvalue weighted by Crippen LogP contribution is -1.98. The van der Waals surface area contributed by atoms with E-state index >= 15 is 0 Å². The smallest absolute Gasteiger partial charge is 0.119 e. The van der Waals surface area contributed by atoms with Gasteiger partial charge in [-0.25, -0.2) is 4.98 Å². The van der Waals surface area contributed by atoms with Gasteiger partial charge in [-0.1, -0.05) is 13.3 Å². The highest BCUT2D eigenvalue weighted by Gasteiger charge is 2.08. The number of aromatic nitrogens is 1. The molecule has 0 bridgehead atoms. The van der Waals surface area contributed by atoms with Crippen molar-refractivity contribution in [1.82, 2.24) is 4.98 Å². The molecule has 0 aliphatic carbocycles. The van der Waals surface area contributed by atoms with Crippen LogP contribution in [0.4, 0.5) is 0 Å². The van der Waals surface area contributed by atoms with Gasteiger partial charge in [-0.05, 0) is 6.42 Å². The normalized spacial score (nSPS) is 10.7. The molecule has 0 aliphatic heterocycles. The number of nitrogens with zero attached hydrogens (tertiary/aromatic N) is 1. The molecule has 0 spiro atoms. The molecule has 0 unspecified atom stereocenters. The van der Waals surface area contributed by atoms with Gasteiger partial charge in [-0.2, -0.15) is 0 Å². The molecule has 4 heteroatoms. The average Bonchev–Trinajstić information content (AvgIpc) is 2.49. The Morgan fingerprint density at radius 3 is 2.85 bits per heavy atom. The van der Waals surface area contributed by atoms with Crippen LogP contribution in [0.2, 0.25) is 0 Å². The highest BCUT2D eigenvalue weighted by molar-refractivity contribution is 7.11. The van der Waals surface area contributed by atoms with Crippen molar-refractivity contribution >= 4 is 11.3 Å². The monoisotopic (exact) mass is 200 g/mol. The minimum atomic E-state index is 0.594. The summed E-state index contributed by atoms with van der Waals surface area (Å²) in [6.07, 6.45) is 2.13. The summed E-state index contributed by atoms with van der Waals surface area (Å²) in [7, 11) is 1.68. The fraction of sp³-hybridized carbons (Fsp3) is 0.667. The molecule has 13 heavy (non-hydrogen) atoms. The predicted molar refractivity (Wildman–Crippen MR) is 54.7 cm³/mol. The third-order valence-corrected chi connectivity index (χ3v) is 2.86. The standard InChI is InChI=1S/C9H16N2OS/c1-3-4-7-8(5-10)13-9(11-7)6-12-2/h3-6,10H2,1-2H3. The van der Waals surface area contributed by atoms with Crippen molar-refractivity contribution in [3.8, 4) is 0 Å². The van der Waals surface area contributed by atoms with E-state index in [2.05, 4.69) is 11.9 Å². The van der Waals surface area contributed by atoms with Gasteiger partial charge in [0.2, 0.25) is 0 Å². The van der Waals surface area contributed by atoms with Gasteiger partial charge < -0.3 is 10.5 Å². The van der Waals surface area contributed by atoms with E-state index in [1.165, 1.54) is 4.88 Å². The van der Waals surface area contributed by atoms with Crippen LogP contribution >= 0.6 is 11.3 Å². The van der Waals surface area contributed by atoms with Gasteiger partial charge in [0.15, 0.2) is 0 Å². The van der Waals surface area contributed by atoms with Crippen molar-refractivity contribution in [1.29, 1.82) is 0 Å². The van der Waals surface area contributed by atoms with Gasteiger partial charge in [-0.3, -0.25) is 0 Å². The van der Waals surface area contributed by atoms with Crippen molar-refractivity contribution in [2.75, 3.05) is 7.11 Å². The molecular formula is C9H16N2OS. The summed E-state index contributed by atoms with van der Waals surface area (Å²) in [5.41, 5.74) is 6.77. The molecule has 1 aromatic heterocycles. The summed E-state index contributed by atoms with van der Waals surface area (Å²) >= 11 is 1.66. The van der Waals surface area contributed by atoms with Crippen LogP contribution in [-0.4, -0.2) is 12.1 Å². The SMILES string of the molecule is CCCc1nc(COC)sc1CN. The molecule has 1 heterocycles. The molecule has 3 nitrogen and oxygen atoms in total. The number of nitrogens with two attached hydrogens (primary N) is 1. The number of hydrogen-bond acceptors (Lipinski definition) is 4. The minimum Gasteiger partial charge on any atom is -0.378 e. The van der Waals surface area contributed by atoms with E-state index in [0.29, 0.717) is 13.2 Å². The highest BCUT2D eigenvalue weighted by Crippen LogP contribution is 2.19. The Morgan fingerprint density at radius 2 is 2.31 bits per heavy atom. The fourth-order valence-corrected chi connectivity index (χ4v) is 2.18. The Bertz CT molecular complexity index is 260. The van der Waals surface area contributed by atoms with Crippen LogP contribution in [0.25, 0.3) is 0 Å². The zero-order chi connectivity index (χ0) is 9.68. The summed E-state index contributed by atoms with van der Waals surface area (Å²) < 4.78 is 5.03. The summed E-state index contributed by atoms with van der Waals surface area (Å²) in [6.45, 7) is 3.34. The van der Waals surface area contributed by atoms with Gasteiger partial charge in [0.05, 0.1) is 12.3 Å². The van der Waals surface area contributed by atoms with Gasteiger partial charge >= 0.3 is 0 Å². The van der Waals surface area contributed by atoms with E-state index in [1.54, 1.807) is 18.4 Å². The van der Waals surface area contributed by atoms with Crippen molar-refractivity contribution < 1.29 is 4.74 Å². The van der Waals surface area contributed by atoms with Crippen LogP contribution in [0, 0.1) is 0 Å². The van der Waals surface area contributed by atoms with Crippen molar-refractivity contribution in [3.05, 3.63) is 15.6 Å². The lowest BCUT2D eigenvalue weighted by atomic mass is 10.2. The fourth-order valence-electron chi connectivity index (χ4n) is 1.21. The average molecular weight is 200 g/mol. The third-order valence-electron chi connectivity index (χ3n) is 1.76. The quantitative estimate of drug-likeness (QED) is 0.787. The Morgan fingerprint density at radius 1 is 1.54 bits per heavy atom. The lowest BCUT2D eigenvalue weighted by molar-refractivity contribution is 0.184. The third kappa shape index (κ3) is 2.76. The zero-order valence-electron chi connectivity index (χ0n) is 8.17. The van der Waals surface area contributed by atoms with E-state index in [-0.39, 0.29) is 0 Å². The first-order chi connectivity index (χ1) is 6.31. The van der Waals surface area contributed by atoms with Gasteiger partial charge in [-0.15, -0.1) is 11.3 Å². The van der Waals surface area contributed by atoms with Crippen LogP contribution in [0.1, 0.15) is 28.9 Å². The number of thiazole rings is 1. The second-order valence-electron chi connectivity index (χ2n) is 2.86. The molecule has 0 amide bonds. The van der Waals surface area contributed by atoms with Gasteiger partial charge in [0, 0.05) is 18.5 Å². The van der Waals surface area contributed by atoms with Crippen LogP contribution in [0.3, 0.4) is 0 Å². The van der Waals surface area contributed by atoms with E-state index in [0.717, 1.165) is 23.5 Å². The summed E-state index contributed by atoms with van der Waals surface area (Å²) in [4.78, 5) is 5.68. The molecule has 0 aromatic carbocycles. The maximum absolute atomic E-state index is 5.62. The first kappa shape index (κ1) is 10.6. The number of rotatable bonds is 5. The molecule has 0 atom stereocenters. The van der Waals surface area contributed by atoms with E-state index < -0.39 is 0 Å². The maximum atomic E-state index is 5.62. The molecule has 0 saturated heterocycles. The molecular weight excluding hydrogens is 184 g/mol. The Balaban J connectivity index is 2.77. The first-order valence-corrected chi connectivity index (χ1v) is 5.29. The lowest BCUT2D eigenvalue weighted by Gasteiger charge is -1.94. The first-order valence-electron chi connectivity index (χ1n) is 4.48. The van der Waals surface area contributed by atoms with E-state index in [9.17, 15) is 0 Å². The largest absolute Gasteiger partial charge is 0.378 e. The molecule has 0 radical (unpaired) electrons. The summed E-state index contributed by atoms with van der Waals surface area (Å²) in [5, 5.41) is 1.03. The molecule has 74 valence electrons. The minimum absolute atomic E-state index is 0.594. The predicted octanol–water partition coefficient (Wildman–Crippen LogP) is 1.70. The molecule has 0 fully saturated rings. The number of methoxy groups -OCH3 is 1. The van der Waals surface area contributed by atoms with Gasteiger partial charge in [0.25, 0.3) is 0 Å². The Labute approximate surface area is 82.9 Å². The molecule has 0 aliphatic rings. The molecule has 1 rings (SSSR count). The number of hydrogen-bond donors (Lipinski definition) is 1. The maximum Gasteiger partial charge on any atom is 0.119 e. The Hall–Kier alpha value is -0.450.